The molecule has 0 aromatic heterocycles. The Kier molecular flexibility index (Phi) is 77.2. The maximum absolute atomic E-state index is 10.1. The monoisotopic (exact) mass is 1010 g/mol. The smallest absolute Gasteiger partial charge is 0.550 e. The van der Waals surface area contributed by atoms with E-state index in [0.717, 1.165) is 51.4 Å². The van der Waals surface area contributed by atoms with Crippen LogP contribution in [-0.4, -0.2) is 23.9 Å². The number of hydrogen-bond acceptors (Lipinski definition) is 8. The van der Waals surface area contributed by atoms with E-state index in [9.17, 15) is 39.6 Å². The first-order valence-electron chi connectivity index (χ1n) is 27.9. The van der Waals surface area contributed by atoms with Crippen LogP contribution in [0.2, 0.25) is 0 Å². The molecule has 0 spiro atoms. The summed E-state index contributed by atoms with van der Waals surface area (Å²) >= 11 is 0. The summed E-state index contributed by atoms with van der Waals surface area (Å²) in [5.74, 6) is -3.63. The van der Waals surface area contributed by atoms with Crippen molar-refractivity contribution in [2.75, 3.05) is 0 Å². The van der Waals surface area contributed by atoms with Gasteiger partial charge in [-0.1, -0.05) is 285 Å². The number of hydrogen-bond donors (Lipinski definition) is 0. The molecule has 0 amide bonds. The summed E-state index contributed by atoms with van der Waals surface area (Å²) in [7, 11) is 0. The Morgan fingerprint density at radius 3 is 0.385 bits per heavy atom. The summed E-state index contributed by atoms with van der Waals surface area (Å²) in [6, 6.07) is 0. The van der Waals surface area contributed by atoms with E-state index in [1.54, 1.807) is 0 Å². The molecule has 0 saturated carbocycles. The minimum atomic E-state index is -0.907. The topological polar surface area (TPSA) is 161 Å². The zero-order chi connectivity index (χ0) is 48.3. The van der Waals surface area contributed by atoms with Gasteiger partial charge in [-0.15, -0.1) is 0 Å². The molecular weight excluding hydrogens is 897 g/mol. The molecule has 65 heavy (non-hydrogen) atoms. The minimum absolute atomic E-state index is 0. The van der Waals surface area contributed by atoms with E-state index in [1.165, 1.54) is 231 Å². The third-order valence-electron chi connectivity index (χ3n) is 11.9. The van der Waals surface area contributed by atoms with Crippen LogP contribution in [0.4, 0.5) is 0 Å². The first-order valence-corrected chi connectivity index (χ1v) is 27.9. The molecule has 0 heterocycles. The summed E-state index contributed by atoms with van der Waals surface area (Å²) in [6.45, 7) is 8.97. The summed E-state index contributed by atoms with van der Waals surface area (Å²) < 4.78 is 0. The third kappa shape index (κ3) is 89.8. The molecule has 9 heteroatoms. The molecule has 0 atom stereocenters. The van der Waals surface area contributed by atoms with Gasteiger partial charge in [0.2, 0.25) is 0 Å². The molecule has 0 aliphatic rings. The SMILES string of the molecule is CCCCCCCCCCCCCC(=O)[O-].CCCCCCCCCCCCCC(=O)[O-].CCCCCCCCCCCCCC(=O)[O-].CCCCCCCCCCCCCC(=O)[O-].[Mo+4]. The normalized spacial score (nSPS) is 10.4. The number of carbonyl (C=O) groups excluding carboxylic acids is 4. The first kappa shape index (κ1) is 72.5. The molecule has 0 aliphatic carbocycles. The van der Waals surface area contributed by atoms with Gasteiger partial charge in [-0.3, -0.25) is 0 Å². The van der Waals surface area contributed by atoms with Gasteiger partial charge in [0.05, 0.1) is 0 Å². The molecule has 0 bridgehead atoms. The number of rotatable bonds is 48. The van der Waals surface area contributed by atoms with Gasteiger partial charge in [0.25, 0.3) is 0 Å². The van der Waals surface area contributed by atoms with Crippen LogP contribution in [0.25, 0.3) is 0 Å². The second-order valence-electron chi connectivity index (χ2n) is 18.6. The number of carboxylic acid groups (broad SMARTS) is 4. The fourth-order valence-electron chi connectivity index (χ4n) is 7.73. The van der Waals surface area contributed by atoms with Crippen molar-refractivity contribution in [3.8, 4) is 0 Å². The molecule has 0 radical (unpaired) electrons. The Hall–Kier alpha value is -1.43. The van der Waals surface area contributed by atoms with Crippen molar-refractivity contribution in [1.29, 1.82) is 0 Å². The van der Waals surface area contributed by atoms with Crippen LogP contribution in [0.1, 0.15) is 336 Å². The van der Waals surface area contributed by atoms with E-state index in [1.807, 2.05) is 0 Å². The van der Waals surface area contributed by atoms with Gasteiger partial charge in [-0.25, -0.2) is 0 Å². The number of carbonyl (C=O) groups is 4. The van der Waals surface area contributed by atoms with Crippen LogP contribution in [0, 0.1) is 0 Å². The fourth-order valence-corrected chi connectivity index (χ4v) is 7.73. The van der Waals surface area contributed by atoms with Gasteiger partial charge < -0.3 is 39.6 Å². The largest absolute Gasteiger partial charge is 4.00 e. The van der Waals surface area contributed by atoms with Crippen LogP contribution in [0.5, 0.6) is 0 Å². The third-order valence-corrected chi connectivity index (χ3v) is 11.9. The Bertz CT molecular complexity index is 771. The fraction of sp³-hybridized carbons (Fsp3) is 0.929. The first-order chi connectivity index (χ1) is 31.1. The second kappa shape index (κ2) is 69.1. The molecule has 0 saturated heterocycles. The van der Waals surface area contributed by atoms with E-state index in [0.29, 0.717) is 0 Å². The average molecular weight is 1010 g/mol. The number of carboxylic acids is 4. The van der Waals surface area contributed by atoms with Crippen LogP contribution < -0.4 is 20.4 Å². The Morgan fingerprint density at radius 2 is 0.292 bits per heavy atom. The van der Waals surface area contributed by atoms with E-state index >= 15 is 0 Å². The molecule has 0 N–H and O–H groups in total. The number of aliphatic carboxylic acids is 4. The summed E-state index contributed by atoms with van der Waals surface area (Å²) in [5, 5.41) is 40.6. The van der Waals surface area contributed by atoms with Crippen molar-refractivity contribution >= 4 is 23.9 Å². The molecule has 0 aromatic rings. The van der Waals surface area contributed by atoms with E-state index in [-0.39, 0.29) is 46.7 Å². The quantitative estimate of drug-likeness (QED) is 0.0430. The van der Waals surface area contributed by atoms with Crippen molar-refractivity contribution in [2.24, 2.45) is 0 Å². The van der Waals surface area contributed by atoms with Gasteiger partial charge in [0, 0.05) is 23.9 Å². The Balaban J connectivity index is -0.000000245. The molecule has 0 aliphatic heterocycles. The maximum atomic E-state index is 10.1. The van der Waals surface area contributed by atoms with Gasteiger partial charge in [-0.2, -0.15) is 0 Å². The van der Waals surface area contributed by atoms with Crippen LogP contribution in [0.15, 0.2) is 0 Å². The van der Waals surface area contributed by atoms with Crippen LogP contribution in [-0.2, 0) is 40.2 Å². The average Bonchev–Trinajstić information content (AvgIpc) is 3.26. The molecule has 0 aromatic carbocycles. The zero-order valence-electron chi connectivity index (χ0n) is 43.6. The predicted molar refractivity (Wildman–Crippen MR) is 264 cm³/mol. The molecular formula is C56H108MoO8. The molecule has 0 unspecified atom stereocenters. The molecule has 0 fully saturated rings. The predicted octanol–water partition coefficient (Wildman–Crippen LogP) is 13.7. The Labute approximate surface area is 418 Å². The number of unbranched alkanes of at least 4 members (excludes halogenated alkanes) is 40. The van der Waals surface area contributed by atoms with Gasteiger partial charge >= 0.3 is 21.1 Å². The van der Waals surface area contributed by atoms with Crippen LogP contribution >= 0.6 is 0 Å². The van der Waals surface area contributed by atoms with Crippen LogP contribution in [0.3, 0.4) is 0 Å². The maximum Gasteiger partial charge on any atom is 4.00 e. The van der Waals surface area contributed by atoms with E-state index in [2.05, 4.69) is 27.7 Å². The van der Waals surface area contributed by atoms with E-state index in [4.69, 9.17) is 0 Å². The zero-order valence-corrected chi connectivity index (χ0v) is 45.6. The van der Waals surface area contributed by atoms with Crippen molar-refractivity contribution < 1.29 is 60.7 Å². The standard InChI is InChI=1S/4C14H28O2.Mo/c4*1-2-3-4-5-6-7-8-9-10-11-12-13-14(15)16;/h4*2-13H2,1H3,(H,15,16);/q;;;;+4/p-4. The summed E-state index contributed by atoms with van der Waals surface area (Å²) in [4.78, 5) is 40.6. The summed E-state index contributed by atoms with van der Waals surface area (Å²) in [6.07, 6.45) is 56.1. The van der Waals surface area contributed by atoms with Gasteiger partial charge in [0.1, 0.15) is 0 Å². The molecule has 386 valence electrons. The molecule has 0 rings (SSSR count). The van der Waals surface area contributed by atoms with Gasteiger partial charge in [-0.05, 0) is 51.4 Å². The summed E-state index contributed by atoms with van der Waals surface area (Å²) in [5.41, 5.74) is 0. The van der Waals surface area contributed by atoms with Crippen molar-refractivity contribution in [3.63, 3.8) is 0 Å². The Morgan fingerprint density at radius 1 is 0.200 bits per heavy atom. The minimum Gasteiger partial charge on any atom is -0.550 e. The second-order valence-corrected chi connectivity index (χ2v) is 18.6. The van der Waals surface area contributed by atoms with Crippen molar-refractivity contribution in [2.45, 2.75) is 336 Å². The van der Waals surface area contributed by atoms with Crippen molar-refractivity contribution in [1.82, 2.24) is 0 Å². The van der Waals surface area contributed by atoms with Crippen molar-refractivity contribution in [3.05, 3.63) is 0 Å². The van der Waals surface area contributed by atoms with Gasteiger partial charge in [0.15, 0.2) is 0 Å². The molecule has 8 nitrogen and oxygen atoms in total. The van der Waals surface area contributed by atoms with E-state index < -0.39 is 23.9 Å².